The Morgan fingerprint density at radius 3 is 2.02 bits per heavy atom. The van der Waals surface area contributed by atoms with Gasteiger partial charge in [0.2, 0.25) is 0 Å². The van der Waals surface area contributed by atoms with Gasteiger partial charge in [0.05, 0.1) is 36.5 Å². The Hall–Kier alpha value is -3.53. The fourth-order valence-electron chi connectivity index (χ4n) is 6.97. The number of carbonyl (C=O) groups excluding carboxylic acids is 2. The number of fused-ring (bicyclic) bond motifs is 5. The van der Waals surface area contributed by atoms with Crippen LogP contribution in [0.2, 0.25) is 0 Å². The average Bonchev–Trinajstić information content (AvgIpc) is 3.43. The third-order valence-electron chi connectivity index (χ3n) is 10.0. The number of carbonyl (C=O) groups is 2. The van der Waals surface area contributed by atoms with Crippen molar-refractivity contribution in [2.45, 2.75) is 69.7 Å². The van der Waals surface area contributed by atoms with Crippen molar-refractivity contribution in [1.82, 2.24) is 9.88 Å². The van der Waals surface area contributed by atoms with Crippen molar-refractivity contribution in [3.63, 3.8) is 0 Å². The van der Waals surface area contributed by atoms with Crippen LogP contribution in [0.15, 0.2) is 66.9 Å². The van der Waals surface area contributed by atoms with Crippen molar-refractivity contribution in [3.05, 3.63) is 83.7 Å². The summed E-state index contributed by atoms with van der Waals surface area (Å²) in [4.78, 5) is 33.4. The van der Waals surface area contributed by atoms with Crippen LogP contribution in [0, 0.1) is 5.92 Å². The van der Waals surface area contributed by atoms with Crippen molar-refractivity contribution in [3.8, 4) is 11.1 Å². The molecule has 2 bridgehead atoms. The van der Waals surface area contributed by atoms with E-state index in [-0.39, 0.29) is 42.4 Å². The number of aromatic nitrogens is 1. The van der Waals surface area contributed by atoms with E-state index in [1.807, 2.05) is 62.9 Å². The summed E-state index contributed by atoms with van der Waals surface area (Å²) in [5.41, 5.74) is 5.05. The zero-order valence-corrected chi connectivity index (χ0v) is 25.1. The van der Waals surface area contributed by atoms with Gasteiger partial charge < -0.3 is 18.8 Å². The Kier molecular flexibility index (Phi) is 6.95. The second kappa shape index (κ2) is 10.6. The van der Waals surface area contributed by atoms with Crippen LogP contribution >= 0.6 is 0 Å². The number of hydrogen-bond acceptors (Lipinski definition) is 7. The Morgan fingerprint density at radius 1 is 0.884 bits per heavy atom. The summed E-state index contributed by atoms with van der Waals surface area (Å²) in [6, 6.07) is 19.8. The van der Waals surface area contributed by atoms with Crippen LogP contribution in [0.3, 0.4) is 0 Å². The minimum absolute atomic E-state index is 0.00206. The van der Waals surface area contributed by atoms with Gasteiger partial charge in [-0.15, -0.1) is 0 Å². The number of benzene rings is 2. The fourth-order valence-corrected chi connectivity index (χ4v) is 6.97. The van der Waals surface area contributed by atoms with Gasteiger partial charge in [0.1, 0.15) is 12.3 Å². The maximum atomic E-state index is 13.6. The molecule has 9 heteroatoms. The number of piperidine rings is 1. The summed E-state index contributed by atoms with van der Waals surface area (Å²) >= 11 is 0. The molecule has 3 fully saturated rings. The first-order valence-electron chi connectivity index (χ1n) is 15.2. The first kappa shape index (κ1) is 28.3. The zero-order chi connectivity index (χ0) is 29.9. The topological polar surface area (TPSA) is 87.2 Å². The monoisotopic (exact) mass is 580 g/mol. The van der Waals surface area contributed by atoms with E-state index in [0.717, 1.165) is 5.46 Å². The molecule has 7 rings (SSSR count). The molecule has 4 aliphatic rings. The molecule has 2 atom stereocenters. The second-order valence-corrected chi connectivity index (χ2v) is 13.2. The predicted molar refractivity (Wildman–Crippen MR) is 162 cm³/mol. The molecule has 43 heavy (non-hydrogen) atoms. The van der Waals surface area contributed by atoms with Crippen LogP contribution in [-0.4, -0.2) is 72.0 Å². The van der Waals surface area contributed by atoms with Crippen molar-refractivity contribution in [2.75, 3.05) is 19.8 Å². The SMILES string of the molecule is CC1(C)OB(c2ccc(C(=O)C3CC4COCC(C3)N4C(=O)OCC3c4ccccc4-c4ccccc43)nc2)OC1(C)C. The van der Waals surface area contributed by atoms with Gasteiger partial charge in [0, 0.05) is 23.5 Å². The molecule has 3 aliphatic heterocycles. The quantitative estimate of drug-likeness (QED) is 0.311. The summed E-state index contributed by atoms with van der Waals surface area (Å²) in [5.74, 6) is -0.255. The molecule has 3 aromatic rings. The highest BCUT2D eigenvalue weighted by Crippen LogP contribution is 2.45. The van der Waals surface area contributed by atoms with Crippen LogP contribution < -0.4 is 5.46 Å². The number of ether oxygens (including phenoxy) is 2. The van der Waals surface area contributed by atoms with E-state index in [9.17, 15) is 9.59 Å². The van der Waals surface area contributed by atoms with Gasteiger partial charge in [0.15, 0.2) is 5.78 Å². The standard InChI is InChI=1S/C34H37BN2O6/c1-33(2)34(3,4)43-35(42-33)22-13-14-30(36-17-22)31(38)21-15-23-18-40-19-24(16-21)37(23)32(39)41-20-29-27-11-7-5-9-25(27)26-10-6-8-12-28(26)29/h5-14,17,21,23-24,29H,15-16,18-20H2,1-4H3. The van der Waals surface area contributed by atoms with E-state index < -0.39 is 18.3 Å². The number of pyridine rings is 1. The summed E-state index contributed by atoms with van der Waals surface area (Å²) in [6.45, 7) is 9.08. The minimum Gasteiger partial charge on any atom is -0.448 e. The third kappa shape index (κ3) is 4.87. The number of morpholine rings is 1. The molecule has 8 nitrogen and oxygen atoms in total. The van der Waals surface area contributed by atoms with E-state index >= 15 is 0 Å². The van der Waals surface area contributed by atoms with E-state index in [2.05, 4.69) is 29.2 Å². The molecule has 1 amide bonds. The van der Waals surface area contributed by atoms with Gasteiger partial charge in [-0.05, 0) is 68.9 Å². The lowest BCUT2D eigenvalue weighted by atomic mass is 9.79. The Balaban J connectivity index is 1.01. The second-order valence-electron chi connectivity index (χ2n) is 13.2. The molecule has 0 saturated carbocycles. The lowest BCUT2D eigenvalue weighted by Gasteiger charge is -2.47. The molecular formula is C34H37BN2O6. The number of nitrogens with zero attached hydrogens (tertiary/aromatic N) is 2. The lowest BCUT2D eigenvalue weighted by Crippen LogP contribution is -2.60. The Morgan fingerprint density at radius 2 is 1.47 bits per heavy atom. The van der Waals surface area contributed by atoms with Gasteiger partial charge in [-0.3, -0.25) is 14.7 Å². The number of Topliss-reactive ketones (excluding diaryl/α,β-unsaturated/α-hetero) is 1. The highest BCUT2D eigenvalue weighted by atomic mass is 16.7. The number of ketones is 1. The first-order valence-corrected chi connectivity index (χ1v) is 15.2. The van der Waals surface area contributed by atoms with Gasteiger partial charge in [-0.1, -0.05) is 54.6 Å². The van der Waals surface area contributed by atoms with Crippen LogP contribution in [0.1, 0.15) is 68.1 Å². The molecular weight excluding hydrogens is 543 g/mol. The van der Waals surface area contributed by atoms with Crippen LogP contribution in [0.5, 0.6) is 0 Å². The molecule has 0 spiro atoms. The molecule has 1 aromatic heterocycles. The summed E-state index contributed by atoms with van der Waals surface area (Å²) in [7, 11) is -0.529. The maximum absolute atomic E-state index is 13.6. The Labute approximate surface area is 252 Å². The van der Waals surface area contributed by atoms with Gasteiger partial charge in [-0.2, -0.15) is 0 Å². The van der Waals surface area contributed by atoms with Crippen molar-refractivity contribution in [1.29, 1.82) is 0 Å². The average molecular weight is 580 g/mol. The molecule has 222 valence electrons. The van der Waals surface area contributed by atoms with Crippen molar-refractivity contribution < 1.29 is 28.4 Å². The highest BCUT2D eigenvalue weighted by molar-refractivity contribution is 6.62. The van der Waals surface area contributed by atoms with E-state index in [0.29, 0.717) is 31.7 Å². The van der Waals surface area contributed by atoms with Gasteiger partial charge in [0.25, 0.3) is 0 Å². The molecule has 0 radical (unpaired) electrons. The number of amides is 1. The number of rotatable bonds is 5. The summed E-state index contributed by atoms with van der Waals surface area (Å²) < 4.78 is 24.1. The van der Waals surface area contributed by atoms with Crippen LogP contribution in [0.25, 0.3) is 11.1 Å². The smallest absolute Gasteiger partial charge is 0.448 e. The molecule has 3 saturated heterocycles. The van der Waals surface area contributed by atoms with E-state index in [4.69, 9.17) is 18.8 Å². The van der Waals surface area contributed by atoms with Gasteiger partial charge >= 0.3 is 13.2 Å². The maximum Gasteiger partial charge on any atom is 0.496 e. The molecule has 4 heterocycles. The summed E-state index contributed by atoms with van der Waals surface area (Å²) in [5, 5.41) is 0. The van der Waals surface area contributed by atoms with E-state index in [1.165, 1.54) is 22.3 Å². The van der Waals surface area contributed by atoms with Crippen molar-refractivity contribution >= 4 is 24.5 Å². The van der Waals surface area contributed by atoms with Crippen molar-refractivity contribution in [2.24, 2.45) is 5.92 Å². The normalized spacial score (nSPS) is 25.3. The van der Waals surface area contributed by atoms with E-state index in [1.54, 1.807) is 12.3 Å². The third-order valence-corrected chi connectivity index (χ3v) is 10.0. The summed E-state index contributed by atoms with van der Waals surface area (Å²) in [6.07, 6.45) is 2.36. The highest BCUT2D eigenvalue weighted by Gasteiger charge is 2.52. The number of hydrogen-bond donors (Lipinski definition) is 0. The zero-order valence-electron chi connectivity index (χ0n) is 25.1. The van der Waals surface area contributed by atoms with Gasteiger partial charge in [-0.25, -0.2) is 4.79 Å². The predicted octanol–water partition coefficient (Wildman–Crippen LogP) is 4.99. The molecule has 1 aliphatic carbocycles. The molecule has 0 N–H and O–H groups in total. The van der Waals surface area contributed by atoms with Crippen LogP contribution in [-0.2, 0) is 18.8 Å². The first-order chi connectivity index (χ1) is 20.6. The molecule has 2 aromatic carbocycles. The minimum atomic E-state index is -0.529. The lowest BCUT2D eigenvalue weighted by molar-refractivity contribution is -0.0748. The molecule has 2 unspecified atom stereocenters. The fraction of sp³-hybridized carbons (Fsp3) is 0.441. The Bertz CT molecular complexity index is 1480. The largest absolute Gasteiger partial charge is 0.496 e. The van der Waals surface area contributed by atoms with Crippen LogP contribution in [0.4, 0.5) is 4.79 Å².